The lowest BCUT2D eigenvalue weighted by Crippen LogP contribution is -2.30. The lowest BCUT2D eigenvalue weighted by atomic mass is 10.5. The summed E-state index contributed by atoms with van der Waals surface area (Å²) in [6.07, 6.45) is 3.09. The van der Waals surface area contributed by atoms with E-state index in [4.69, 9.17) is 0 Å². The Labute approximate surface area is 84.5 Å². The minimum absolute atomic E-state index is 0.263. The van der Waals surface area contributed by atoms with E-state index < -0.39 is 11.2 Å². The highest BCUT2D eigenvalue weighted by Gasteiger charge is 2.10. The SMILES string of the molecule is C=CCn1c(=O)[nH]c(=O)c2ncn(C)c21. The third-order valence-corrected chi connectivity index (χ3v) is 2.15. The van der Waals surface area contributed by atoms with Crippen LogP contribution >= 0.6 is 0 Å². The molecule has 78 valence electrons. The van der Waals surface area contributed by atoms with Gasteiger partial charge in [0, 0.05) is 13.6 Å². The molecule has 0 aliphatic carbocycles. The third kappa shape index (κ3) is 1.30. The second kappa shape index (κ2) is 3.23. The second-order valence-electron chi connectivity index (χ2n) is 3.19. The van der Waals surface area contributed by atoms with Crippen molar-refractivity contribution in [3.05, 3.63) is 39.8 Å². The molecule has 0 saturated heterocycles. The first kappa shape index (κ1) is 9.45. The molecule has 2 aromatic heterocycles. The number of allylic oxidation sites excluding steroid dienone is 1. The normalized spacial score (nSPS) is 10.7. The molecule has 2 aromatic rings. The zero-order chi connectivity index (χ0) is 11.0. The molecule has 0 bridgehead atoms. The van der Waals surface area contributed by atoms with E-state index in [2.05, 4.69) is 16.5 Å². The van der Waals surface area contributed by atoms with E-state index in [1.54, 1.807) is 17.7 Å². The number of imidazole rings is 1. The number of hydrogen-bond donors (Lipinski definition) is 1. The largest absolute Gasteiger partial charge is 0.330 e. The standard InChI is InChI=1S/C9H10N4O2/c1-3-4-13-8-6(10-5-12(8)2)7(14)11-9(13)15/h3,5H,1,4H2,2H3,(H,11,14,15). The molecule has 1 N–H and O–H groups in total. The van der Waals surface area contributed by atoms with E-state index >= 15 is 0 Å². The molecule has 0 atom stereocenters. The van der Waals surface area contributed by atoms with Crippen molar-refractivity contribution in [2.24, 2.45) is 7.05 Å². The third-order valence-electron chi connectivity index (χ3n) is 2.15. The van der Waals surface area contributed by atoms with Gasteiger partial charge < -0.3 is 4.57 Å². The highest BCUT2D eigenvalue weighted by Crippen LogP contribution is 2.03. The van der Waals surface area contributed by atoms with Gasteiger partial charge in [0.05, 0.1) is 6.33 Å². The number of fused-ring (bicyclic) bond motifs is 1. The van der Waals surface area contributed by atoms with Crippen molar-refractivity contribution in [2.75, 3.05) is 0 Å². The van der Waals surface area contributed by atoms with Crippen molar-refractivity contribution in [1.82, 2.24) is 19.1 Å². The number of aromatic amines is 1. The topological polar surface area (TPSA) is 72.7 Å². The van der Waals surface area contributed by atoms with Crippen molar-refractivity contribution in [2.45, 2.75) is 6.54 Å². The Kier molecular flexibility index (Phi) is 2.03. The van der Waals surface area contributed by atoms with Crippen LogP contribution in [0, 0.1) is 0 Å². The summed E-state index contributed by atoms with van der Waals surface area (Å²) < 4.78 is 3.05. The minimum atomic E-state index is -0.462. The smallest absolute Gasteiger partial charge is 0.320 e. The van der Waals surface area contributed by atoms with Gasteiger partial charge in [-0.3, -0.25) is 14.3 Å². The van der Waals surface area contributed by atoms with Gasteiger partial charge in [-0.1, -0.05) is 6.08 Å². The Bertz CT molecular complexity index is 632. The minimum Gasteiger partial charge on any atom is -0.320 e. The van der Waals surface area contributed by atoms with E-state index in [0.29, 0.717) is 12.2 Å². The second-order valence-corrected chi connectivity index (χ2v) is 3.19. The van der Waals surface area contributed by atoms with Gasteiger partial charge in [0.25, 0.3) is 5.56 Å². The predicted molar refractivity (Wildman–Crippen MR) is 55.8 cm³/mol. The van der Waals surface area contributed by atoms with Gasteiger partial charge in [0.2, 0.25) is 0 Å². The molecule has 0 spiro atoms. The average Bonchev–Trinajstić information content (AvgIpc) is 2.56. The molecule has 6 heteroatoms. The van der Waals surface area contributed by atoms with Crippen LogP contribution < -0.4 is 11.2 Å². The number of nitrogens with one attached hydrogen (secondary N) is 1. The molecule has 0 radical (unpaired) electrons. The summed E-state index contributed by atoms with van der Waals surface area (Å²) in [4.78, 5) is 29.0. The summed E-state index contributed by atoms with van der Waals surface area (Å²) in [5.41, 5.74) is -0.144. The maximum Gasteiger partial charge on any atom is 0.330 e. The molecule has 0 aliphatic rings. The molecule has 2 heterocycles. The zero-order valence-corrected chi connectivity index (χ0v) is 8.23. The quantitative estimate of drug-likeness (QED) is 0.680. The molecule has 0 aromatic carbocycles. The van der Waals surface area contributed by atoms with Crippen molar-refractivity contribution in [3.8, 4) is 0 Å². The van der Waals surface area contributed by atoms with Gasteiger partial charge in [-0.25, -0.2) is 9.78 Å². The van der Waals surface area contributed by atoms with Crippen LogP contribution in [0.5, 0.6) is 0 Å². The van der Waals surface area contributed by atoms with E-state index in [-0.39, 0.29) is 5.52 Å². The fourth-order valence-corrected chi connectivity index (χ4v) is 1.52. The van der Waals surface area contributed by atoms with Gasteiger partial charge in [0.15, 0.2) is 5.52 Å². The first-order valence-electron chi connectivity index (χ1n) is 4.40. The van der Waals surface area contributed by atoms with Crippen LogP contribution in [0.1, 0.15) is 0 Å². The molecule has 0 fully saturated rings. The summed E-state index contributed by atoms with van der Waals surface area (Å²) in [5, 5.41) is 0. The molecule has 0 aliphatic heterocycles. The average molecular weight is 206 g/mol. The van der Waals surface area contributed by atoms with Crippen LogP contribution in [0.4, 0.5) is 0 Å². The summed E-state index contributed by atoms with van der Waals surface area (Å²) in [7, 11) is 1.73. The van der Waals surface area contributed by atoms with Gasteiger partial charge in [-0.15, -0.1) is 6.58 Å². The molecule has 0 amide bonds. The van der Waals surface area contributed by atoms with E-state index in [1.807, 2.05) is 0 Å². The van der Waals surface area contributed by atoms with Crippen molar-refractivity contribution >= 4 is 11.2 Å². The van der Waals surface area contributed by atoms with Crippen molar-refractivity contribution in [1.29, 1.82) is 0 Å². The Hall–Kier alpha value is -2.11. The van der Waals surface area contributed by atoms with E-state index in [0.717, 1.165) is 0 Å². The van der Waals surface area contributed by atoms with Crippen LogP contribution in [-0.4, -0.2) is 19.1 Å². The number of hydrogen-bond acceptors (Lipinski definition) is 3. The molecule has 15 heavy (non-hydrogen) atoms. The van der Waals surface area contributed by atoms with E-state index in [1.165, 1.54) is 10.9 Å². The molecular formula is C9H10N4O2. The molecule has 0 unspecified atom stereocenters. The molecule has 0 saturated carbocycles. The Morgan fingerprint density at radius 2 is 2.33 bits per heavy atom. The lowest BCUT2D eigenvalue weighted by Gasteiger charge is -2.04. The molecule has 6 nitrogen and oxygen atoms in total. The zero-order valence-electron chi connectivity index (χ0n) is 8.23. The van der Waals surface area contributed by atoms with Crippen LogP contribution in [0.2, 0.25) is 0 Å². The fourth-order valence-electron chi connectivity index (χ4n) is 1.52. The van der Waals surface area contributed by atoms with Crippen LogP contribution in [-0.2, 0) is 13.6 Å². The summed E-state index contributed by atoms with van der Waals surface area (Å²) >= 11 is 0. The molecule has 2 rings (SSSR count). The Morgan fingerprint density at radius 1 is 1.60 bits per heavy atom. The lowest BCUT2D eigenvalue weighted by molar-refractivity contribution is 0.741. The highest BCUT2D eigenvalue weighted by atomic mass is 16.2. The fraction of sp³-hybridized carbons (Fsp3) is 0.222. The summed E-state index contributed by atoms with van der Waals surface area (Å²) in [6, 6.07) is 0. The Balaban J connectivity index is 2.99. The van der Waals surface area contributed by atoms with Crippen molar-refractivity contribution < 1.29 is 0 Å². The highest BCUT2D eigenvalue weighted by molar-refractivity contribution is 5.69. The van der Waals surface area contributed by atoms with Gasteiger partial charge >= 0.3 is 5.69 Å². The predicted octanol–water partition coefficient (Wildman–Crippen LogP) is -0.391. The number of aromatic nitrogens is 4. The number of nitrogens with zero attached hydrogens (tertiary/aromatic N) is 3. The first-order chi connectivity index (χ1) is 7.15. The van der Waals surface area contributed by atoms with Gasteiger partial charge in [0.1, 0.15) is 5.65 Å². The summed E-state index contributed by atoms with van der Waals surface area (Å²) in [5.74, 6) is 0. The number of H-pyrrole nitrogens is 1. The number of rotatable bonds is 2. The van der Waals surface area contributed by atoms with Crippen LogP contribution in [0.15, 0.2) is 28.6 Å². The van der Waals surface area contributed by atoms with E-state index in [9.17, 15) is 9.59 Å². The van der Waals surface area contributed by atoms with Crippen molar-refractivity contribution in [3.63, 3.8) is 0 Å². The maximum absolute atomic E-state index is 11.5. The van der Waals surface area contributed by atoms with Gasteiger partial charge in [-0.05, 0) is 0 Å². The van der Waals surface area contributed by atoms with Crippen LogP contribution in [0.3, 0.4) is 0 Å². The molecular weight excluding hydrogens is 196 g/mol. The maximum atomic E-state index is 11.5. The Morgan fingerprint density at radius 3 is 3.00 bits per heavy atom. The number of aryl methyl sites for hydroxylation is 1. The van der Waals surface area contributed by atoms with Crippen LogP contribution in [0.25, 0.3) is 11.2 Å². The van der Waals surface area contributed by atoms with Gasteiger partial charge in [-0.2, -0.15) is 0 Å². The first-order valence-corrected chi connectivity index (χ1v) is 4.40. The summed E-state index contributed by atoms with van der Waals surface area (Å²) in [6.45, 7) is 3.90. The monoisotopic (exact) mass is 206 g/mol.